The maximum atomic E-state index is 12.0. The summed E-state index contributed by atoms with van der Waals surface area (Å²) in [4.78, 5) is 24.3. The number of amides is 1. The van der Waals surface area contributed by atoms with Crippen molar-refractivity contribution >= 4 is 46.0 Å². The van der Waals surface area contributed by atoms with Crippen molar-refractivity contribution in [3.8, 4) is 0 Å². The van der Waals surface area contributed by atoms with Crippen molar-refractivity contribution in [1.29, 1.82) is 0 Å². The molecular weight excluding hydrogens is 284 g/mol. The Bertz CT molecular complexity index is 598. The number of nitrogens with zero attached hydrogens (tertiary/aromatic N) is 2. The SMILES string of the molecule is CCN1C(=O)/C(=C\c2ccccc2[N+](=O)[O-])SC1=S. The van der Waals surface area contributed by atoms with Gasteiger partial charge < -0.3 is 0 Å². The second-order valence-electron chi connectivity index (χ2n) is 3.74. The van der Waals surface area contributed by atoms with Gasteiger partial charge in [0.1, 0.15) is 4.32 Å². The molecule has 1 aromatic carbocycles. The highest BCUT2D eigenvalue weighted by Gasteiger charge is 2.31. The third-order valence-electron chi connectivity index (χ3n) is 2.61. The van der Waals surface area contributed by atoms with Crippen LogP contribution in [0.5, 0.6) is 0 Å². The predicted molar refractivity (Wildman–Crippen MR) is 78.6 cm³/mol. The molecule has 1 fully saturated rings. The molecule has 0 aromatic heterocycles. The van der Waals surface area contributed by atoms with E-state index in [1.165, 1.54) is 28.8 Å². The number of thioether (sulfide) groups is 1. The van der Waals surface area contributed by atoms with Crippen LogP contribution in [0.1, 0.15) is 12.5 Å². The molecule has 1 aliphatic heterocycles. The first-order valence-corrected chi connectivity index (χ1v) is 6.76. The average Bonchev–Trinajstić information content (AvgIpc) is 2.64. The quantitative estimate of drug-likeness (QED) is 0.371. The van der Waals surface area contributed by atoms with E-state index in [0.717, 1.165) is 0 Å². The van der Waals surface area contributed by atoms with E-state index in [4.69, 9.17) is 12.2 Å². The Hall–Kier alpha value is -1.73. The third kappa shape index (κ3) is 2.66. The number of thiocarbonyl (C=S) groups is 1. The highest BCUT2D eigenvalue weighted by molar-refractivity contribution is 8.26. The van der Waals surface area contributed by atoms with Gasteiger partial charge >= 0.3 is 0 Å². The molecule has 0 bridgehead atoms. The molecule has 0 aliphatic carbocycles. The molecule has 1 amide bonds. The van der Waals surface area contributed by atoms with E-state index in [2.05, 4.69) is 0 Å². The summed E-state index contributed by atoms with van der Waals surface area (Å²) in [5.41, 5.74) is 0.383. The van der Waals surface area contributed by atoms with Gasteiger partial charge in [-0.2, -0.15) is 0 Å². The Morgan fingerprint density at radius 2 is 2.16 bits per heavy atom. The fourth-order valence-corrected chi connectivity index (χ4v) is 3.06. The molecule has 1 heterocycles. The summed E-state index contributed by atoms with van der Waals surface area (Å²) in [5.74, 6) is -0.198. The molecule has 0 unspecified atom stereocenters. The smallest absolute Gasteiger partial charge is 0.276 e. The highest BCUT2D eigenvalue weighted by Crippen LogP contribution is 2.33. The van der Waals surface area contributed by atoms with Gasteiger partial charge in [-0.05, 0) is 19.1 Å². The topological polar surface area (TPSA) is 63.5 Å². The van der Waals surface area contributed by atoms with Gasteiger partial charge in [0.25, 0.3) is 11.6 Å². The lowest BCUT2D eigenvalue weighted by Crippen LogP contribution is -2.27. The van der Waals surface area contributed by atoms with E-state index < -0.39 is 4.92 Å². The number of nitro benzene ring substituents is 1. The first-order chi connectivity index (χ1) is 9.04. The van der Waals surface area contributed by atoms with Crippen LogP contribution in [-0.4, -0.2) is 26.6 Å². The Morgan fingerprint density at radius 3 is 2.74 bits per heavy atom. The van der Waals surface area contributed by atoms with E-state index in [9.17, 15) is 14.9 Å². The normalized spacial score (nSPS) is 17.3. The summed E-state index contributed by atoms with van der Waals surface area (Å²) in [7, 11) is 0. The average molecular weight is 294 g/mol. The van der Waals surface area contributed by atoms with Crippen LogP contribution < -0.4 is 0 Å². The van der Waals surface area contributed by atoms with Gasteiger partial charge in [0, 0.05) is 12.6 Å². The van der Waals surface area contributed by atoms with Gasteiger partial charge in [0.2, 0.25) is 0 Å². The summed E-state index contributed by atoms with van der Waals surface area (Å²) < 4.78 is 0.484. The van der Waals surface area contributed by atoms with Crippen LogP contribution in [0.15, 0.2) is 29.2 Å². The Morgan fingerprint density at radius 1 is 1.47 bits per heavy atom. The molecule has 0 radical (unpaired) electrons. The number of carbonyl (C=O) groups excluding carboxylic acids is 1. The van der Waals surface area contributed by atoms with Crippen LogP contribution in [0, 0.1) is 10.1 Å². The number of benzene rings is 1. The molecule has 0 spiro atoms. The van der Waals surface area contributed by atoms with E-state index in [1.54, 1.807) is 18.2 Å². The molecule has 1 aliphatic rings. The van der Waals surface area contributed by atoms with Crippen LogP contribution in [0.3, 0.4) is 0 Å². The van der Waals surface area contributed by atoms with Crippen LogP contribution in [0.2, 0.25) is 0 Å². The Kier molecular flexibility index (Phi) is 3.96. The summed E-state index contributed by atoms with van der Waals surface area (Å²) in [6.07, 6.45) is 1.52. The van der Waals surface area contributed by atoms with Crippen LogP contribution >= 0.6 is 24.0 Å². The minimum atomic E-state index is -0.466. The second kappa shape index (κ2) is 5.50. The van der Waals surface area contributed by atoms with Gasteiger partial charge in [-0.15, -0.1) is 0 Å². The van der Waals surface area contributed by atoms with Crippen LogP contribution in [0.4, 0.5) is 5.69 Å². The molecule has 0 saturated carbocycles. The molecule has 1 aromatic rings. The van der Waals surface area contributed by atoms with Crippen molar-refractivity contribution < 1.29 is 9.72 Å². The largest absolute Gasteiger partial charge is 0.293 e. The Labute approximate surface area is 119 Å². The van der Waals surface area contributed by atoms with Gasteiger partial charge in [0.05, 0.1) is 15.4 Å². The first kappa shape index (κ1) is 13.7. The first-order valence-electron chi connectivity index (χ1n) is 5.53. The third-order valence-corrected chi connectivity index (χ3v) is 3.99. The van der Waals surface area contributed by atoms with Gasteiger partial charge in [-0.3, -0.25) is 19.8 Å². The van der Waals surface area contributed by atoms with Crippen molar-refractivity contribution in [3.05, 3.63) is 44.8 Å². The summed E-state index contributed by atoms with van der Waals surface area (Å²) in [6.45, 7) is 2.33. The van der Waals surface area contributed by atoms with E-state index >= 15 is 0 Å². The predicted octanol–water partition coefficient (Wildman–Crippen LogP) is 2.82. The second-order valence-corrected chi connectivity index (χ2v) is 5.42. The van der Waals surface area contributed by atoms with E-state index in [0.29, 0.717) is 21.3 Å². The van der Waals surface area contributed by atoms with E-state index in [-0.39, 0.29) is 11.6 Å². The zero-order valence-corrected chi connectivity index (χ0v) is 11.7. The van der Waals surface area contributed by atoms with Crippen LogP contribution in [0.25, 0.3) is 6.08 Å². The van der Waals surface area contributed by atoms with Crippen molar-refractivity contribution in [2.45, 2.75) is 6.92 Å². The molecule has 1 saturated heterocycles. The lowest BCUT2D eigenvalue weighted by molar-refractivity contribution is -0.385. The Balaban J connectivity index is 2.41. The zero-order valence-electron chi connectivity index (χ0n) is 10.0. The monoisotopic (exact) mass is 294 g/mol. The molecule has 0 atom stereocenters. The molecule has 5 nitrogen and oxygen atoms in total. The minimum absolute atomic E-state index is 0.0238. The number of likely N-dealkylation sites (N-methyl/N-ethyl adjacent to an activating group) is 1. The molecule has 0 N–H and O–H groups in total. The fraction of sp³-hybridized carbons (Fsp3) is 0.167. The number of carbonyl (C=O) groups is 1. The molecule has 19 heavy (non-hydrogen) atoms. The molecular formula is C12H10N2O3S2. The highest BCUT2D eigenvalue weighted by atomic mass is 32.2. The number of hydrogen-bond donors (Lipinski definition) is 0. The lowest BCUT2D eigenvalue weighted by atomic mass is 10.1. The maximum Gasteiger partial charge on any atom is 0.276 e. The standard InChI is InChI=1S/C12H10N2O3S2/c1-2-13-11(15)10(19-12(13)18)7-8-5-3-4-6-9(8)14(16)17/h3-7H,2H2,1H3/b10-7+. The molecule has 98 valence electrons. The van der Waals surface area contributed by atoms with Crippen molar-refractivity contribution in [1.82, 2.24) is 4.90 Å². The van der Waals surface area contributed by atoms with Crippen LogP contribution in [-0.2, 0) is 4.79 Å². The molecule has 2 rings (SSSR count). The number of nitro groups is 1. The number of hydrogen-bond acceptors (Lipinski definition) is 5. The summed E-state index contributed by atoms with van der Waals surface area (Å²) in [6, 6.07) is 6.30. The summed E-state index contributed by atoms with van der Waals surface area (Å²) >= 11 is 6.26. The fourth-order valence-electron chi connectivity index (χ4n) is 1.69. The summed E-state index contributed by atoms with van der Waals surface area (Å²) in [5, 5.41) is 10.9. The zero-order chi connectivity index (χ0) is 14.0. The van der Waals surface area contributed by atoms with Crippen molar-refractivity contribution in [2.24, 2.45) is 0 Å². The number of para-hydroxylation sites is 1. The lowest BCUT2D eigenvalue weighted by Gasteiger charge is -2.09. The van der Waals surface area contributed by atoms with Crippen molar-refractivity contribution in [3.63, 3.8) is 0 Å². The van der Waals surface area contributed by atoms with Gasteiger partial charge in [-0.1, -0.05) is 36.1 Å². The maximum absolute atomic E-state index is 12.0. The minimum Gasteiger partial charge on any atom is -0.293 e. The van der Waals surface area contributed by atoms with Gasteiger partial charge in [-0.25, -0.2) is 0 Å². The van der Waals surface area contributed by atoms with E-state index in [1.807, 2.05) is 6.92 Å². The van der Waals surface area contributed by atoms with Gasteiger partial charge in [0.15, 0.2) is 0 Å². The molecule has 7 heteroatoms. The van der Waals surface area contributed by atoms with Crippen molar-refractivity contribution in [2.75, 3.05) is 6.54 Å². The number of rotatable bonds is 3.